The van der Waals surface area contributed by atoms with E-state index in [0.717, 1.165) is 9.79 Å². The highest BCUT2D eigenvalue weighted by Crippen LogP contribution is 2.30. The maximum absolute atomic E-state index is 10.6. The summed E-state index contributed by atoms with van der Waals surface area (Å²) in [6.45, 7) is 0. The molecule has 0 aliphatic heterocycles. The van der Waals surface area contributed by atoms with Crippen LogP contribution in [0.5, 0.6) is 0 Å². The van der Waals surface area contributed by atoms with Crippen LogP contribution in [-0.2, 0) is 0 Å². The molecule has 0 bridgehead atoms. The predicted octanol–water partition coefficient (Wildman–Crippen LogP) is 3.81. The minimum Gasteiger partial charge on any atom is -0.258 e. The van der Waals surface area contributed by atoms with Crippen molar-refractivity contribution >= 4 is 28.8 Å². The smallest absolute Gasteiger partial charge is 0.258 e. The molecule has 0 aliphatic carbocycles. The van der Waals surface area contributed by atoms with Crippen molar-refractivity contribution in [2.24, 2.45) is 0 Å². The fraction of sp³-hybridized carbons (Fsp3) is 0. The number of hydrogen-bond donors (Lipinski definition) is 0. The summed E-state index contributed by atoms with van der Waals surface area (Å²) in [5, 5.41) is 14.6. The third kappa shape index (κ3) is 2.57. The summed E-state index contributed by atoms with van der Waals surface area (Å²) < 4.78 is 0. The van der Waals surface area contributed by atoms with Crippen LogP contribution in [0.2, 0.25) is 0 Å². The van der Waals surface area contributed by atoms with Crippen molar-refractivity contribution in [3.05, 3.63) is 51.2 Å². The number of nitrogens with zero attached hydrogens (tertiary/aromatic N) is 1. The molecule has 0 spiro atoms. The highest BCUT2D eigenvalue weighted by molar-refractivity contribution is 7.99. The maximum atomic E-state index is 10.6. The monoisotopic (exact) mass is 237 g/mol. The van der Waals surface area contributed by atoms with Gasteiger partial charge in [-0.05, 0) is 17.5 Å². The molecule has 5 heteroatoms. The molecule has 0 N–H and O–H groups in total. The summed E-state index contributed by atoms with van der Waals surface area (Å²) in [6, 6.07) is 8.65. The average molecular weight is 237 g/mol. The number of benzene rings is 1. The van der Waals surface area contributed by atoms with Gasteiger partial charge in [-0.25, -0.2) is 0 Å². The van der Waals surface area contributed by atoms with E-state index in [-0.39, 0.29) is 10.6 Å². The fourth-order valence-electron chi connectivity index (χ4n) is 1.11. The van der Waals surface area contributed by atoms with E-state index in [1.165, 1.54) is 17.8 Å². The summed E-state index contributed by atoms with van der Waals surface area (Å²) in [5.41, 5.74) is 0.134. The first kappa shape index (κ1) is 10.2. The summed E-state index contributed by atoms with van der Waals surface area (Å²) in [7, 11) is 0. The van der Waals surface area contributed by atoms with E-state index in [4.69, 9.17) is 0 Å². The number of non-ortho nitro benzene ring substituents is 1. The zero-order valence-corrected chi connectivity index (χ0v) is 9.25. The Morgan fingerprint density at radius 3 is 2.80 bits per heavy atom. The van der Waals surface area contributed by atoms with Crippen LogP contribution >= 0.6 is 23.1 Å². The molecule has 1 aromatic carbocycles. The van der Waals surface area contributed by atoms with Gasteiger partial charge in [-0.3, -0.25) is 10.1 Å². The number of nitro benzene ring substituents is 1. The second-order valence-electron chi connectivity index (χ2n) is 2.82. The van der Waals surface area contributed by atoms with Crippen LogP contribution in [0.1, 0.15) is 0 Å². The van der Waals surface area contributed by atoms with Crippen LogP contribution < -0.4 is 0 Å². The van der Waals surface area contributed by atoms with Crippen LogP contribution in [0, 0.1) is 10.1 Å². The summed E-state index contributed by atoms with van der Waals surface area (Å²) in [4.78, 5) is 12.2. The molecule has 0 saturated carbocycles. The van der Waals surface area contributed by atoms with Gasteiger partial charge in [0.2, 0.25) is 0 Å². The fourth-order valence-corrected chi connectivity index (χ4v) is 2.80. The quantitative estimate of drug-likeness (QED) is 0.602. The van der Waals surface area contributed by atoms with Crippen molar-refractivity contribution in [1.82, 2.24) is 0 Å². The summed E-state index contributed by atoms with van der Waals surface area (Å²) in [6.07, 6.45) is 0. The Morgan fingerprint density at radius 1 is 1.27 bits per heavy atom. The van der Waals surface area contributed by atoms with Gasteiger partial charge < -0.3 is 0 Å². The zero-order valence-electron chi connectivity index (χ0n) is 7.62. The lowest BCUT2D eigenvalue weighted by Gasteiger charge is -1.98. The Labute approximate surface area is 94.9 Å². The number of nitro groups is 1. The Hall–Kier alpha value is -1.33. The van der Waals surface area contributed by atoms with Gasteiger partial charge >= 0.3 is 0 Å². The van der Waals surface area contributed by atoms with Crippen molar-refractivity contribution < 1.29 is 4.92 Å². The van der Waals surface area contributed by atoms with E-state index >= 15 is 0 Å². The van der Waals surface area contributed by atoms with Crippen molar-refractivity contribution in [1.29, 1.82) is 0 Å². The SMILES string of the molecule is O=[N+]([O-])c1cccc(Sc2ccsc2)c1. The number of thiophene rings is 1. The van der Waals surface area contributed by atoms with E-state index in [2.05, 4.69) is 0 Å². The molecule has 1 aromatic heterocycles. The molecule has 0 fully saturated rings. The van der Waals surface area contributed by atoms with Crippen molar-refractivity contribution in [3.63, 3.8) is 0 Å². The Kier molecular flexibility index (Phi) is 3.03. The third-order valence-corrected chi connectivity index (χ3v) is 3.57. The Morgan fingerprint density at radius 2 is 2.13 bits per heavy atom. The number of hydrogen-bond acceptors (Lipinski definition) is 4. The highest BCUT2D eigenvalue weighted by Gasteiger charge is 2.06. The van der Waals surface area contributed by atoms with Crippen molar-refractivity contribution in [2.45, 2.75) is 9.79 Å². The molecular weight excluding hydrogens is 230 g/mol. The predicted molar refractivity (Wildman–Crippen MR) is 61.5 cm³/mol. The van der Waals surface area contributed by atoms with Gasteiger partial charge in [0, 0.05) is 27.3 Å². The molecule has 2 rings (SSSR count). The van der Waals surface area contributed by atoms with Gasteiger partial charge in [0.25, 0.3) is 5.69 Å². The Bertz CT molecular complexity index is 468. The second kappa shape index (κ2) is 4.46. The largest absolute Gasteiger partial charge is 0.270 e. The molecule has 1 heterocycles. The van der Waals surface area contributed by atoms with E-state index in [9.17, 15) is 10.1 Å². The molecule has 0 aliphatic rings. The van der Waals surface area contributed by atoms with Gasteiger partial charge in [0.05, 0.1) is 4.92 Å². The molecule has 0 unspecified atom stereocenters. The molecule has 15 heavy (non-hydrogen) atoms. The van der Waals surface area contributed by atoms with Gasteiger partial charge in [-0.15, -0.1) is 0 Å². The molecule has 3 nitrogen and oxygen atoms in total. The number of rotatable bonds is 3. The third-order valence-electron chi connectivity index (χ3n) is 1.76. The minimum absolute atomic E-state index is 0.134. The lowest BCUT2D eigenvalue weighted by molar-refractivity contribution is -0.385. The minimum atomic E-state index is -0.377. The van der Waals surface area contributed by atoms with Gasteiger partial charge in [-0.1, -0.05) is 17.8 Å². The zero-order chi connectivity index (χ0) is 10.7. The molecule has 0 atom stereocenters. The van der Waals surface area contributed by atoms with Crippen LogP contribution in [0.25, 0.3) is 0 Å². The van der Waals surface area contributed by atoms with Crippen molar-refractivity contribution in [3.8, 4) is 0 Å². The van der Waals surface area contributed by atoms with Gasteiger partial charge in [0.15, 0.2) is 0 Å². The topological polar surface area (TPSA) is 43.1 Å². The second-order valence-corrected chi connectivity index (χ2v) is 4.74. The average Bonchev–Trinajstić information content (AvgIpc) is 2.71. The standard InChI is InChI=1S/C10H7NO2S2/c12-11(13)8-2-1-3-9(6-8)15-10-4-5-14-7-10/h1-7H. The molecular formula is C10H7NO2S2. The lowest BCUT2D eigenvalue weighted by atomic mass is 10.3. The Balaban J connectivity index is 2.22. The summed E-state index contributed by atoms with van der Waals surface area (Å²) >= 11 is 3.15. The van der Waals surface area contributed by atoms with E-state index in [1.54, 1.807) is 23.5 Å². The van der Waals surface area contributed by atoms with Crippen molar-refractivity contribution in [2.75, 3.05) is 0 Å². The highest BCUT2D eigenvalue weighted by atomic mass is 32.2. The molecule has 0 radical (unpaired) electrons. The molecule has 0 saturated heterocycles. The molecule has 76 valence electrons. The van der Waals surface area contributed by atoms with Crippen LogP contribution in [0.15, 0.2) is 50.9 Å². The normalized spacial score (nSPS) is 10.1. The van der Waals surface area contributed by atoms with E-state index in [1.807, 2.05) is 22.9 Å². The van der Waals surface area contributed by atoms with Crippen LogP contribution in [-0.4, -0.2) is 4.92 Å². The van der Waals surface area contributed by atoms with Crippen LogP contribution in [0.3, 0.4) is 0 Å². The molecule has 2 aromatic rings. The van der Waals surface area contributed by atoms with Crippen LogP contribution in [0.4, 0.5) is 5.69 Å². The van der Waals surface area contributed by atoms with Gasteiger partial charge in [0.1, 0.15) is 0 Å². The van der Waals surface area contributed by atoms with E-state index in [0.29, 0.717) is 0 Å². The van der Waals surface area contributed by atoms with E-state index < -0.39 is 0 Å². The maximum Gasteiger partial charge on any atom is 0.270 e. The van der Waals surface area contributed by atoms with Gasteiger partial charge in [-0.2, -0.15) is 11.3 Å². The first-order chi connectivity index (χ1) is 7.25. The first-order valence-electron chi connectivity index (χ1n) is 4.20. The first-order valence-corrected chi connectivity index (χ1v) is 5.96. The summed E-state index contributed by atoms with van der Waals surface area (Å²) in [5.74, 6) is 0. The lowest BCUT2D eigenvalue weighted by Crippen LogP contribution is -1.86. The molecule has 0 amide bonds.